The minimum atomic E-state index is 0.637. The number of ether oxygens (including phenoxy) is 2. The van der Waals surface area contributed by atoms with E-state index < -0.39 is 0 Å². The second kappa shape index (κ2) is 9.09. The molecular weight excluding hydrogens is 238 g/mol. The molecule has 0 aliphatic heterocycles. The van der Waals surface area contributed by atoms with Crippen LogP contribution in [0.5, 0.6) is 5.19 Å². The van der Waals surface area contributed by atoms with E-state index in [9.17, 15) is 0 Å². The molecule has 1 aromatic heterocycles. The van der Waals surface area contributed by atoms with E-state index in [1.165, 1.54) is 11.3 Å². The first kappa shape index (κ1) is 14.1. The first-order chi connectivity index (χ1) is 8.36. The Balaban J connectivity index is 2.16. The summed E-state index contributed by atoms with van der Waals surface area (Å²) in [6.45, 7) is 6.54. The van der Waals surface area contributed by atoms with Crippen molar-refractivity contribution < 1.29 is 9.47 Å². The lowest BCUT2D eigenvalue weighted by Gasteiger charge is -1.99. The van der Waals surface area contributed by atoms with Gasteiger partial charge in [-0.05, 0) is 12.8 Å². The van der Waals surface area contributed by atoms with Crippen LogP contribution in [0.1, 0.15) is 17.8 Å². The molecule has 0 aromatic carbocycles. The summed E-state index contributed by atoms with van der Waals surface area (Å²) in [4.78, 5) is 0. The molecule has 5 nitrogen and oxygen atoms in total. The highest BCUT2D eigenvalue weighted by atomic mass is 32.1. The van der Waals surface area contributed by atoms with E-state index in [2.05, 4.69) is 22.1 Å². The molecule has 0 atom stereocenters. The molecule has 6 heteroatoms. The number of aromatic nitrogens is 2. The van der Waals surface area contributed by atoms with Crippen molar-refractivity contribution in [3.8, 4) is 5.19 Å². The topological polar surface area (TPSA) is 56.3 Å². The predicted octanol–water partition coefficient (Wildman–Crippen LogP) is 1.62. The van der Waals surface area contributed by atoms with Crippen LogP contribution >= 0.6 is 11.3 Å². The normalized spacial score (nSPS) is 10.4. The third-order valence-electron chi connectivity index (χ3n) is 1.99. The predicted molar refractivity (Wildman–Crippen MR) is 68.4 cm³/mol. The third kappa shape index (κ3) is 6.35. The number of hydrogen-bond acceptors (Lipinski definition) is 6. The fourth-order valence-electron chi connectivity index (χ4n) is 1.12. The molecule has 0 unspecified atom stereocenters. The molecule has 0 aliphatic carbocycles. The van der Waals surface area contributed by atoms with Gasteiger partial charge in [-0.25, -0.2) is 0 Å². The number of unbranched alkanes of at least 4 members (excludes halogenated alkanes) is 1. The highest BCUT2D eigenvalue weighted by Gasteiger charge is 2.04. The van der Waals surface area contributed by atoms with Gasteiger partial charge >= 0.3 is 0 Å². The summed E-state index contributed by atoms with van der Waals surface area (Å²) in [5.74, 6) is 0. The fraction of sp³-hybridized carbons (Fsp3) is 0.636. The van der Waals surface area contributed by atoms with Gasteiger partial charge in [-0.3, -0.25) is 0 Å². The van der Waals surface area contributed by atoms with Gasteiger partial charge in [-0.1, -0.05) is 17.4 Å². The van der Waals surface area contributed by atoms with Gasteiger partial charge in [0.2, 0.25) is 0 Å². The van der Waals surface area contributed by atoms with Crippen molar-refractivity contribution in [2.24, 2.45) is 0 Å². The third-order valence-corrected chi connectivity index (χ3v) is 2.82. The van der Waals surface area contributed by atoms with Crippen LogP contribution in [0.25, 0.3) is 0 Å². The summed E-state index contributed by atoms with van der Waals surface area (Å²) < 4.78 is 10.4. The smallest absolute Gasteiger partial charge is 0.294 e. The van der Waals surface area contributed by atoms with Crippen LogP contribution in [0.3, 0.4) is 0 Å². The zero-order valence-corrected chi connectivity index (χ0v) is 11.0. The van der Waals surface area contributed by atoms with E-state index in [0.29, 0.717) is 25.0 Å². The minimum absolute atomic E-state index is 0.637. The van der Waals surface area contributed by atoms with E-state index in [1.54, 1.807) is 7.11 Å². The SMILES string of the molecule is C=CCCCOc1nnc(CNCCOC)s1. The van der Waals surface area contributed by atoms with E-state index in [0.717, 1.165) is 24.4 Å². The molecular formula is C11H19N3O2S. The van der Waals surface area contributed by atoms with Gasteiger partial charge in [0.1, 0.15) is 5.01 Å². The van der Waals surface area contributed by atoms with Gasteiger partial charge in [-0.2, -0.15) is 0 Å². The summed E-state index contributed by atoms with van der Waals surface area (Å²) >= 11 is 1.48. The average Bonchev–Trinajstić information content (AvgIpc) is 2.78. The summed E-state index contributed by atoms with van der Waals surface area (Å²) in [5, 5.41) is 12.8. The van der Waals surface area contributed by atoms with Crippen molar-refractivity contribution in [2.45, 2.75) is 19.4 Å². The Morgan fingerprint density at radius 3 is 3.06 bits per heavy atom. The standard InChI is InChI=1S/C11H19N3O2S/c1-3-4-5-7-16-11-14-13-10(17-11)9-12-6-8-15-2/h3,12H,1,4-9H2,2H3. The maximum Gasteiger partial charge on any atom is 0.294 e. The second-order valence-electron chi connectivity index (χ2n) is 3.41. The molecule has 1 aromatic rings. The Hall–Kier alpha value is -0.980. The molecule has 1 heterocycles. The Morgan fingerprint density at radius 2 is 2.29 bits per heavy atom. The lowest BCUT2D eigenvalue weighted by atomic mass is 10.3. The number of rotatable bonds is 10. The summed E-state index contributed by atoms with van der Waals surface area (Å²) in [6.07, 6.45) is 3.81. The van der Waals surface area contributed by atoms with E-state index >= 15 is 0 Å². The zero-order valence-electron chi connectivity index (χ0n) is 10.1. The van der Waals surface area contributed by atoms with E-state index in [1.807, 2.05) is 6.08 Å². The van der Waals surface area contributed by atoms with Crippen LogP contribution in [0.15, 0.2) is 12.7 Å². The number of nitrogens with zero attached hydrogens (tertiary/aromatic N) is 2. The van der Waals surface area contributed by atoms with Crippen molar-refractivity contribution in [2.75, 3.05) is 26.9 Å². The van der Waals surface area contributed by atoms with Crippen LogP contribution in [0.2, 0.25) is 0 Å². The Bertz CT molecular complexity index is 317. The van der Waals surface area contributed by atoms with Crippen molar-refractivity contribution in [3.63, 3.8) is 0 Å². The number of allylic oxidation sites excluding steroid dienone is 1. The largest absolute Gasteiger partial charge is 0.469 e. The lowest BCUT2D eigenvalue weighted by molar-refractivity contribution is 0.199. The minimum Gasteiger partial charge on any atom is -0.469 e. The first-order valence-corrected chi connectivity index (χ1v) is 6.44. The van der Waals surface area contributed by atoms with Crippen LogP contribution in [-0.2, 0) is 11.3 Å². The maximum atomic E-state index is 5.46. The van der Waals surface area contributed by atoms with Crippen LogP contribution in [0, 0.1) is 0 Å². The number of nitrogens with one attached hydrogen (secondary N) is 1. The van der Waals surface area contributed by atoms with Crippen LogP contribution < -0.4 is 10.1 Å². The zero-order chi connectivity index (χ0) is 12.3. The molecule has 0 fully saturated rings. The second-order valence-corrected chi connectivity index (χ2v) is 4.44. The van der Waals surface area contributed by atoms with Gasteiger partial charge < -0.3 is 14.8 Å². The molecule has 0 saturated heterocycles. The summed E-state index contributed by atoms with van der Waals surface area (Å²) in [5.41, 5.74) is 0. The fourth-order valence-corrected chi connectivity index (χ4v) is 1.81. The molecule has 1 N–H and O–H groups in total. The Labute approximate surface area is 106 Å². The molecule has 0 spiro atoms. The van der Waals surface area contributed by atoms with Crippen LogP contribution in [0.4, 0.5) is 0 Å². The van der Waals surface area contributed by atoms with Crippen molar-refractivity contribution in [1.29, 1.82) is 0 Å². The number of hydrogen-bond donors (Lipinski definition) is 1. The maximum absolute atomic E-state index is 5.46. The molecule has 17 heavy (non-hydrogen) atoms. The average molecular weight is 257 g/mol. The van der Waals surface area contributed by atoms with Crippen molar-refractivity contribution in [3.05, 3.63) is 17.7 Å². The Kier molecular flexibility index (Phi) is 7.53. The van der Waals surface area contributed by atoms with E-state index in [4.69, 9.17) is 9.47 Å². The Morgan fingerprint density at radius 1 is 1.41 bits per heavy atom. The van der Waals surface area contributed by atoms with Gasteiger partial charge in [0, 0.05) is 20.2 Å². The molecule has 0 radical (unpaired) electrons. The van der Waals surface area contributed by atoms with E-state index in [-0.39, 0.29) is 0 Å². The quantitative estimate of drug-likeness (QED) is 0.510. The lowest BCUT2D eigenvalue weighted by Crippen LogP contribution is -2.18. The number of methoxy groups -OCH3 is 1. The van der Waals surface area contributed by atoms with Gasteiger partial charge in [0.15, 0.2) is 0 Å². The highest BCUT2D eigenvalue weighted by molar-refractivity contribution is 7.13. The molecule has 96 valence electrons. The van der Waals surface area contributed by atoms with Crippen molar-refractivity contribution in [1.82, 2.24) is 15.5 Å². The monoisotopic (exact) mass is 257 g/mol. The molecule has 0 aliphatic rings. The van der Waals surface area contributed by atoms with Gasteiger partial charge in [0.05, 0.1) is 13.2 Å². The molecule has 0 saturated carbocycles. The van der Waals surface area contributed by atoms with Crippen molar-refractivity contribution >= 4 is 11.3 Å². The summed E-state index contributed by atoms with van der Waals surface area (Å²) in [6, 6.07) is 0. The highest BCUT2D eigenvalue weighted by Crippen LogP contribution is 2.17. The van der Waals surface area contributed by atoms with Gasteiger partial charge in [-0.15, -0.1) is 16.8 Å². The van der Waals surface area contributed by atoms with Crippen LogP contribution in [-0.4, -0.2) is 37.1 Å². The molecule has 0 amide bonds. The first-order valence-electron chi connectivity index (χ1n) is 5.62. The van der Waals surface area contributed by atoms with Gasteiger partial charge in [0.25, 0.3) is 5.19 Å². The molecule has 0 bridgehead atoms. The molecule has 1 rings (SSSR count). The summed E-state index contributed by atoms with van der Waals surface area (Å²) in [7, 11) is 1.68.